The maximum atomic E-state index is 12.6. The number of thiophene rings is 1. The van der Waals surface area contributed by atoms with Gasteiger partial charge in [0.05, 0.1) is 16.8 Å². The number of rotatable bonds is 7. The van der Waals surface area contributed by atoms with Crippen LogP contribution < -0.4 is 14.9 Å². The van der Waals surface area contributed by atoms with E-state index in [9.17, 15) is 13.2 Å². The highest BCUT2D eigenvalue weighted by Gasteiger charge is 2.17. The first kappa shape index (κ1) is 20.5. The average Bonchev–Trinajstić information content (AvgIpc) is 3.47. The number of amides is 1. The van der Waals surface area contributed by atoms with E-state index in [-0.39, 0.29) is 17.0 Å². The Kier molecular flexibility index (Phi) is 6.12. The highest BCUT2D eigenvalue weighted by Crippen LogP contribution is 2.21. The Morgan fingerprint density at radius 3 is 2.63 bits per heavy atom. The number of carbonyl (C=O) groups excluding carboxylic acids is 1. The highest BCUT2D eigenvalue weighted by atomic mass is 32.2. The molecule has 1 fully saturated rings. The number of pyridine rings is 1. The lowest BCUT2D eigenvalue weighted by Crippen LogP contribution is -2.23. The van der Waals surface area contributed by atoms with Gasteiger partial charge in [0.2, 0.25) is 10.0 Å². The van der Waals surface area contributed by atoms with Crippen LogP contribution in [0.5, 0.6) is 0 Å². The van der Waals surface area contributed by atoms with Gasteiger partial charge in [0.15, 0.2) is 0 Å². The Morgan fingerprint density at radius 1 is 1.10 bits per heavy atom. The summed E-state index contributed by atoms with van der Waals surface area (Å²) in [6.45, 7) is 2.26. The summed E-state index contributed by atoms with van der Waals surface area (Å²) in [6.07, 6.45) is 4.11. The number of aromatic nitrogens is 1. The van der Waals surface area contributed by atoms with Gasteiger partial charge in [0.25, 0.3) is 5.91 Å². The van der Waals surface area contributed by atoms with E-state index in [2.05, 4.69) is 19.9 Å². The van der Waals surface area contributed by atoms with Crippen LogP contribution in [-0.4, -0.2) is 32.4 Å². The molecule has 2 N–H and O–H groups in total. The van der Waals surface area contributed by atoms with Crippen LogP contribution in [0.25, 0.3) is 0 Å². The number of hydrogen-bond acceptors (Lipinski definition) is 6. The Bertz CT molecular complexity index is 1110. The third-order valence-electron chi connectivity index (χ3n) is 4.88. The van der Waals surface area contributed by atoms with Gasteiger partial charge in [-0.1, -0.05) is 12.1 Å². The van der Waals surface area contributed by atoms with Crippen molar-refractivity contribution in [3.63, 3.8) is 0 Å². The zero-order valence-electron chi connectivity index (χ0n) is 16.2. The largest absolute Gasteiger partial charge is 0.370 e. The summed E-state index contributed by atoms with van der Waals surface area (Å²) in [5, 5.41) is 4.62. The molecule has 0 bridgehead atoms. The molecular weight excluding hydrogens is 420 g/mol. The number of hydrogen-bond donors (Lipinski definition) is 2. The van der Waals surface area contributed by atoms with E-state index in [1.807, 2.05) is 23.6 Å². The van der Waals surface area contributed by atoms with Crippen molar-refractivity contribution in [2.24, 2.45) is 0 Å². The van der Waals surface area contributed by atoms with Crippen molar-refractivity contribution in [1.29, 1.82) is 0 Å². The van der Waals surface area contributed by atoms with Crippen molar-refractivity contribution in [1.82, 2.24) is 9.71 Å². The molecule has 0 aliphatic carbocycles. The van der Waals surface area contributed by atoms with E-state index >= 15 is 0 Å². The summed E-state index contributed by atoms with van der Waals surface area (Å²) in [5.74, 6) is 0.0127. The normalized spacial score (nSPS) is 14.1. The second kappa shape index (κ2) is 8.95. The standard InChI is InChI=1S/C21H22N4O3S2/c26-21(24-20-9-8-17(14-22-20)25-10-1-2-11-25)16-5-3-7-19(13-16)30(27,28)23-15-18-6-4-12-29-18/h3-9,12-14,23H,1-2,10-11,15H2,(H,22,24,26). The van der Waals surface area contributed by atoms with Crippen molar-refractivity contribution in [3.05, 3.63) is 70.5 Å². The van der Waals surface area contributed by atoms with E-state index in [1.54, 1.807) is 24.4 Å². The fraction of sp³-hybridized carbons (Fsp3) is 0.238. The molecule has 156 valence electrons. The molecule has 0 unspecified atom stereocenters. The quantitative estimate of drug-likeness (QED) is 0.585. The number of carbonyl (C=O) groups is 1. The average molecular weight is 443 g/mol. The fourth-order valence-corrected chi connectivity index (χ4v) is 5.07. The van der Waals surface area contributed by atoms with Gasteiger partial charge in [-0.2, -0.15) is 0 Å². The molecule has 9 heteroatoms. The molecule has 1 aliphatic heterocycles. The molecule has 1 aromatic carbocycles. The van der Waals surface area contributed by atoms with Crippen LogP contribution >= 0.6 is 11.3 Å². The van der Waals surface area contributed by atoms with Crippen molar-refractivity contribution in [3.8, 4) is 0 Å². The summed E-state index contributed by atoms with van der Waals surface area (Å²) < 4.78 is 27.7. The minimum Gasteiger partial charge on any atom is -0.370 e. The lowest BCUT2D eigenvalue weighted by molar-refractivity contribution is 0.102. The van der Waals surface area contributed by atoms with E-state index < -0.39 is 15.9 Å². The predicted molar refractivity (Wildman–Crippen MR) is 118 cm³/mol. The summed E-state index contributed by atoms with van der Waals surface area (Å²) in [4.78, 5) is 20.1. The molecule has 0 saturated carbocycles. The van der Waals surface area contributed by atoms with Crippen LogP contribution in [0.4, 0.5) is 11.5 Å². The van der Waals surface area contributed by atoms with Crippen LogP contribution in [0.2, 0.25) is 0 Å². The van der Waals surface area contributed by atoms with E-state index in [0.29, 0.717) is 5.82 Å². The number of anilines is 2. The van der Waals surface area contributed by atoms with Crippen molar-refractivity contribution >= 4 is 38.8 Å². The fourth-order valence-electron chi connectivity index (χ4n) is 3.28. The molecule has 7 nitrogen and oxygen atoms in total. The van der Waals surface area contributed by atoms with Gasteiger partial charge in [-0.15, -0.1) is 11.3 Å². The van der Waals surface area contributed by atoms with Crippen LogP contribution in [0.3, 0.4) is 0 Å². The van der Waals surface area contributed by atoms with Gasteiger partial charge >= 0.3 is 0 Å². The van der Waals surface area contributed by atoms with Crippen molar-refractivity contribution < 1.29 is 13.2 Å². The predicted octanol–water partition coefficient (Wildman–Crippen LogP) is 3.47. The molecule has 2 aromatic heterocycles. The minimum absolute atomic E-state index is 0.0454. The Morgan fingerprint density at radius 2 is 1.93 bits per heavy atom. The second-order valence-corrected chi connectivity index (χ2v) is 9.78. The first-order valence-electron chi connectivity index (χ1n) is 9.66. The lowest BCUT2D eigenvalue weighted by atomic mass is 10.2. The van der Waals surface area contributed by atoms with Gasteiger partial charge in [0, 0.05) is 30.1 Å². The zero-order valence-corrected chi connectivity index (χ0v) is 17.9. The zero-order chi connectivity index (χ0) is 21.0. The molecule has 3 aromatic rings. The summed E-state index contributed by atoms with van der Waals surface area (Å²) in [7, 11) is -3.72. The van der Waals surface area contributed by atoms with E-state index in [1.165, 1.54) is 36.3 Å². The van der Waals surface area contributed by atoms with Crippen LogP contribution in [-0.2, 0) is 16.6 Å². The SMILES string of the molecule is O=C(Nc1ccc(N2CCCC2)cn1)c1cccc(S(=O)(=O)NCc2cccs2)c1. The van der Waals surface area contributed by atoms with Crippen LogP contribution in [0, 0.1) is 0 Å². The number of benzene rings is 1. The molecule has 1 amide bonds. The number of nitrogens with one attached hydrogen (secondary N) is 2. The van der Waals surface area contributed by atoms with Crippen molar-refractivity contribution in [2.75, 3.05) is 23.3 Å². The van der Waals surface area contributed by atoms with Gasteiger partial charge in [-0.25, -0.2) is 18.1 Å². The smallest absolute Gasteiger partial charge is 0.256 e. The number of sulfonamides is 1. The number of nitrogens with zero attached hydrogens (tertiary/aromatic N) is 2. The van der Waals surface area contributed by atoms with Crippen LogP contribution in [0.15, 0.2) is 65.0 Å². The molecule has 0 radical (unpaired) electrons. The van der Waals surface area contributed by atoms with Gasteiger partial charge in [0.1, 0.15) is 5.82 Å². The molecule has 1 saturated heterocycles. The second-order valence-electron chi connectivity index (χ2n) is 6.98. The maximum Gasteiger partial charge on any atom is 0.256 e. The molecule has 1 aliphatic rings. The third kappa shape index (κ3) is 4.86. The molecule has 0 atom stereocenters. The summed E-state index contributed by atoms with van der Waals surface area (Å²) in [5.41, 5.74) is 1.29. The van der Waals surface area contributed by atoms with Crippen molar-refractivity contribution in [2.45, 2.75) is 24.3 Å². The van der Waals surface area contributed by atoms with Gasteiger partial charge in [-0.05, 0) is 54.6 Å². The molecule has 3 heterocycles. The summed E-state index contributed by atoms with van der Waals surface area (Å²) >= 11 is 1.48. The van der Waals surface area contributed by atoms with Gasteiger partial charge in [-0.3, -0.25) is 4.79 Å². The van der Waals surface area contributed by atoms with Crippen LogP contribution in [0.1, 0.15) is 28.1 Å². The first-order chi connectivity index (χ1) is 14.5. The minimum atomic E-state index is -3.72. The topological polar surface area (TPSA) is 91.4 Å². The van der Waals surface area contributed by atoms with E-state index in [4.69, 9.17) is 0 Å². The monoisotopic (exact) mass is 442 g/mol. The first-order valence-corrected chi connectivity index (χ1v) is 12.0. The molecule has 0 spiro atoms. The third-order valence-corrected chi connectivity index (χ3v) is 7.16. The Balaban J connectivity index is 1.43. The van der Waals surface area contributed by atoms with E-state index in [0.717, 1.165) is 23.7 Å². The maximum absolute atomic E-state index is 12.6. The summed E-state index contributed by atoms with van der Waals surface area (Å²) in [6, 6.07) is 13.4. The highest BCUT2D eigenvalue weighted by molar-refractivity contribution is 7.89. The Labute approximate surface area is 179 Å². The molecular formula is C21H22N4O3S2. The molecule has 4 rings (SSSR count). The van der Waals surface area contributed by atoms with Gasteiger partial charge < -0.3 is 10.2 Å². The molecule has 30 heavy (non-hydrogen) atoms. The lowest BCUT2D eigenvalue weighted by Gasteiger charge is -2.17. The Hall–Kier alpha value is -2.75.